The number of rotatable bonds is 8. The van der Waals surface area contributed by atoms with Gasteiger partial charge in [0.25, 0.3) is 5.91 Å². The van der Waals surface area contributed by atoms with Crippen LogP contribution in [-0.4, -0.2) is 61.6 Å². The van der Waals surface area contributed by atoms with Crippen molar-refractivity contribution in [1.29, 1.82) is 0 Å². The number of ether oxygens (including phenoxy) is 1. The van der Waals surface area contributed by atoms with E-state index in [1.165, 1.54) is 12.8 Å². The molecule has 2 saturated carbocycles. The quantitative estimate of drug-likeness (QED) is 0.185. The van der Waals surface area contributed by atoms with Crippen molar-refractivity contribution in [3.63, 3.8) is 0 Å². The molecule has 5 aromatic rings. The molecule has 3 N–H and O–H groups in total. The van der Waals surface area contributed by atoms with Crippen LogP contribution < -0.4 is 15.8 Å². The van der Waals surface area contributed by atoms with E-state index in [1.807, 2.05) is 69.1 Å². The standard InChI is InChI=1S/C39H43N7O3/c1-21(2)15-34(47)41-28-8-6-7-27(22(28)3)29-13-11-24-17-32(45(37(24)42-29)19-23-9-10-23)38-43-30-16-26(18-33(49-5)36(30)44(38)4)39(48)46-20-25-12-14-31(46)35(25)40/h6-8,11,13,15-18,23,25,31,35H,9-10,12,14,19-20,40H2,1-5H3,(H,41,47). The van der Waals surface area contributed by atoms with Gasteiger partial charge in [0.05, 0.1) is 24.0 Å². The number of fused-ring (bicyclic) bond motifs is 4. The third-order valence-corrected chi connectivity index (χ3v) is 10.7. The van der Waals surface area contributed by atoms with Crippen molar-refractivity contribution in [1.82, 2.24) is 24.0 Å². The van der Waals surface area contributed by atoms with Crippen molar-refractivity contribution in [2.45, 2.75) is 65.1 Å². The predicted molar refractivity (Wildman–Crippen MR) is 192 cm³/mol. The topological polar surface area (TPSA) is 120 Å². The molecule has 3 aromatic heterocycles. The summed E-state index contributed by atoms with van der Waals surface area (Å²) in [5, 5.41) is 4.05. The molecule has 8 rings (SSSR count). The van der Waals surface area contributed by atoms with Gasteiger partial charge in [-0.25, -0.2) is 9.97 Å². The Balaban J connectivity index is 1.20. The molecule has 10 heteroatoms. The Morgan fingerprint density at radius 1 is 1.06 bits per heavy atom. The number of hydrogen-bond donors (Lipinski definition) is 2. The normalized spacial score (nSPS) is 20.0. The molecule has 3 aliphatic rings. The Bertz CT molecular complexity index is 2190. The van der Waals surface area contributed by atoms with E-state index in [-0.39, 0.29) is 23.9 Å². The smallest absolute Gasteiger partial charge is 0.254 e. The van der Waals surface area contributed by atoms with E-state index in [1.54, 1.807) is 13.2 Å². The maximum atomic E-state index is 13.8. The summed E-state index contributed by atoms with van der Waals surface area (Å²) < 4.78 is 10.2. The second-order valence-electron chi connectivity index (χ2n) is 14.4. The lowest BCUT2D eigenvalue weighted by atomic mass is 10.0. The first-order valence-electron chi connectivity index (χ1n) is 17.3. The summed E-state index contributed by atoms with van der Waals surface area (Å²) in [5.41, 5.74) is 14.9. The van der Waals surface area contributed by atoms with E-state index >= 15 is 0 Å². The number of hydrogen-bond acceptors (Lipinski definition) is 6. The highest BCUT2D eigenvalue weighted by Crippen LogP contribution is 2.40. The van der Waals surface area contributed by atoms with Gasteiger partial charge in [0.1, 0.15) is 16.9 Å². The highest BCUT2D eigenvalue weighted by atomic mass is 16.5. The van der Waals surface area contributed by atoms with E-state index in [0.29, 0.717) is 35.2 Å². The Morgan fingerprint density at radius 2 is 1.88 bits per heavy atom. The first kappa shape index (κ1) is 31.3. The number of carbonyl (C=O) groups is 2. The number of nitrogens with one attached hydrogen (secondary N) is 1. The number of imidazole rings is 1. The molecule has 0 spiro atoms. The number of carbonyl (C=O) groups excluding carboxylic acids is 2. The van der Waals surface area contributed by atoms with E-state index in [4.69, 9.17) is 20.4 Å². The monoisotopic (exact) mass is 657 g/mol. The van der Waals surface area contributed by atoms with Crippen LogP contribution in [0.1, 0.15) is 55.5 Å². The summed E-state index contributed by atoms with van der Waals surface area (Å²) in [4.78, 5) is 38.7. The van der Waals surface area contributed by atoms with Crippen LogP contribution in [0.5, 0.6) is 5.75 Å². The minimum absolute atomic E-state index is 0.00880. The van der Waals surface area contributed by atoms with E-state index in [9.17, 15) is 9.59 Å². The number of piperidine rings is 1. The molecule has 2 amide bonds. The molecule has 4 heterocycles. The third-order valence-electron chi connectivity index (χ3n) is 10.7. The van der Waals surface area contributed by atoms with E-state index in [2.05, 4.69) is 26.6 Å². The molecule has 49 heavy (non-hydrogen) atoms. The molecular weight excluding hydrogens is 614 g/mol. The van der Waals surface area contributed by atoms with Gasteiger partial charge in [-0.1, -0.05) is 17.7 Å². The molecule has 2 aliphatic carbocycles. The molecule has 10 nitrogen and oxygen atoms in total. The van der Waals surface area contributed by atoms with Gasteiger partial charge in [-0.05, 0) is 100 Å². The van der Waals surface area contributed by atoms with Crippen LogP contribution in [0.2, 0.25) is 0 Å². The highest BCUT2D eigenvalue weighted by molar-refractivity contribution is 6.01. The molecule has 3 fully saturated rings. The van der Waals surface area contributed by atoms with Gasteiger partial charge in [-0.15, -0.1) is 0 Å². The lowest BCUT2D eigenvalue weighted by molar-refractivity contribution is -0.112. The molecule has 1 saturated heterocycles. The maximum absolute atomic E-state index is 13.8. The molecule has 1 aliphatic heterocycles. The van der Waals surface area contributed by atoms with Crippen molar-refractivity contribution in [3.05, 3.63) is 71.3 Å². The van der Waals surface area contributed by atoms with Gasteiger partial charge >= 0.3 is 0 Å². The van der Waals surface area contributed by atoms with Crippen LogP contribution in [0, 0.1) is 18.8 Å². The van der Waals surface area contributed by atoms with Crippen molar-refractivity contribution in [2.24, 2.45) is 24.6 Å². The highest BCUT2D eigenvalue weighted by Gasteiger charge is 2.47. The average Bonchev–Trinajstić information content (AvgIpc) is 3.48. The number of nitrogens with two attached hydrogens (primary N) is 1. The number of anilines is 1. The Labute approximate surface area is 285 Å². The van der Waals surface area contributed by atoms with Gasteiger partial charge in [-0.3, -0.25) is 9.59 Å². The summed E-state index contributed by atoms with van der Waals surface area (Å²) in [6, 6.07) is 16.2. The molecular formula is C39H43N7O3. The SMILES string of the molecule is COc1cc(C(=O)N2CC3CCC2C3N)cc2nc(-c3cc4ccc(-c5cccc(NC(=O)C=C(C)C)c5C)nc4n3CC3CC3)n(C)c12. The number of likely N-dealkylation sites (tertiary alicyclic amines) is 1. The number of allylic oxidation sites excluding steroid dienone is 1. The fraction of sp³-hybridized carbons (Fsp3) is 0.385. The number of aryl methyl sites for hydroxylation is 1. The van der Waals surface area contributed by atoms with Crippen LogP contribution in [0.15, 0.2) is 60.2 Å². The summed E-state index contributed by atoms with van der Waals surface area (Å²) in [6.07, 6.45) is 6.03. The third kappa shape index (κ3) is 5.38. The molecule has 3 atom stereocenters. The molecule has 0 radical (unpaired) electrons. The van der Waals surface area contributed by atoms with Gasteiger partial charge < -0.3 is 29.8 Å². The number of benzene rings is 2. The number of aromatic nitrogens is 4. The van der Waals surface area contributed by atoms with Gasteiger partial charge in [0.2, 0.25) is 5.91 Å². The van der Waals surface area contributed by atoms with Gasteiger partial charge in [0, 0.05) is 60.5 Å². The van der Waals surface area contributed by atoms with Crippen LogP contribution in [0.4, 0.5) is 5.69 Å². The predicted octanol–water partition coefficient (Wildman–Crippen LogP) is 6.45. The molecule has 2 aromatic carbocycles. The molecule has 2 bridgehead atoms. The second kappa shape index (κ2) is 11.9. The first-order chi connectivity index (χ1) is 23.6. The lowest BCUT2D eigenvalue weighted by Crippen LogP contribution is -2.41. The largest absolute Gasteiger partial charge is 0.494 e. The Morgan fingerprint density at radius 3 is 2.57 bits per heavy atom. The van der Waals surface area contributed by atoms with Crippen molar-refractivity contribution in [3.8, 4) is 28.5 Å². The van der Waals surface area contributed by atoms with Crippen molar-refractivity contribution in [2.75, 3.05) is 19.0 Å². The first-order valence-corrected chi connectivity index (χ1v) is 17.3. The summed E-state index contributed by atoms with van der Waals surface area (Å²) in [5.74, 6) is 2.23. The van der Waals surface area contributed by atoms with Crippen LogP contribution >= 0.6 is 0 Å². The van der Waals surface area contributed by atoms with Crippen LogP contribution in [-0.2, 0) is 18.4 Å². The number of amides is 2. The van der Waals surface area contributed by atoms with Crippen molar-refractivity contribution >= 4 is 39.6 Å². The average molecular weight is 658 g/mol. The fourth-order valence-electron chi connectivity index (χ4n) is 7.95. The van der Waals surface area contributed by atoms with Gasteiger partial charge in [-0.2, -0.15) is 0 Å². The lowest BCUT2D eigenvalue weighted by Gasteiger charge is -2.27. The summed E-state index contributed by atoms with van der Waals surface area (Å²) >= 11 is 0. The van der Waals surface area contributed by atoms with Crippen LogP contribution in [0.25, 0.3) is 44.8 Å². The minimum Gasteiger partial charge on any atom is -0.494 e. The summed E-state index contributed by atoms with van der Waals surface area (Å²) in [7, 11) is 3.65. The number of nitrogens with zero attached hydrogens (tertiary/aromatic N) is 5. The minimum atomic E-state index is -0.144. The fourth-order valence-corrected chi connectivity index (χ4v) is 7.95. The Hall–Kier alpha value is -4.96. The molecule has 252 valence electrons. The number of pyridine rings is 1. The van der Waals surface area contributed by atoms with Crippen molar-refractivity contribution < 1.29 is 14.3 Å². The molecule has 3 unspecified atom stereocenters. The van der Waals surface area contributed by atoms with E-state index < -0.39 is 0 Å². The Kier molecular flexibility index (Phi) is 7.59. The maximum Gasteiger partial charge on any atom is 0.254 e. The summed E-state index contributed by atoms with van der Waals surface area (Å²) in [6.45, 7) is 7.38. The zero-order valence-electron chi connectivity index (χ0n) is 28.8. The second-order valence-corrected chi connectivity index (χ2v) is 14.4. The number of methoxy groups -OCH3 is 1. The van der Waals surface area contributed by atoms with E-state index in [0.717, 1.165) is 75.5 Å². The van der Waals surface area contributed by atoms with Crippen LogP contribution in [0.3, 0.4) is 0 Å². The zero-order valence-corrected chi connectivity index (χ0v) is 28.8. The zero-order chi connectivity index (χ0) is 34.1. The van der Waals surface area contributed by atoms with Gasteiger partial charge in [0.15, 0.2) is 5.82 Å².